The lowest BCUT2D eigenvalue weighted by Crippen LogP contribution is -2.28. The maximum atomic E-state index is 5.28. The standard InChI is InChI=1S/C52H35N3/c1-6-19-36(20-7-1)39-25-18-26-40(33-39)44-35-48-45(43-31-16-17-32-47(43)52(48,41-27-12-4-13-28-41)42-29-14-5-15-30-42)34-46(44)51-54-49(37-21-8-2-9-22-37)53-50(55-51)38-23-10-3-11-24-38/h1-35H. The number of hydrogen-bond acceptors (Lipinski definition) is 3. The molecule has 0 bridgehead atoms. The molecule has 1 heterocycles. The summed E-state index contributed by atoms with van der Waals surface area (Å²) in [6.07, 6.45) is 0. The molecule has 0 radical (unpaired) electrons. The monoisotopic (exact) mass is 701 g/mol. The van der Waals surface area contributed by atoms with Crippen molar-refractivity contribution in [1.29, 1.82) is 0 Å². The third-order valence-corrected chi connectivity index (χ3v) is 10.8. The second-order valence-corrected chi connectivity index (χ2v) is 14.0. The molecule has 1 aliphatic carbocycles. The van der Waals surface area contributed by atoms with E-state index in [0.29, 0.717) is 17.5 Å². The van der Waals surface area contributed by atoms with E-state index in [2.05, 4.69) is 176 Å². The van der Waals surface area contributed by atoms with Crippen LogP contribution in [0.4, 0.5) is 0 Å². The Morgan fingerprint density at radius 1 is 0.255 bits per heavy atom. The quantitative estimate of drug-likeness (QED) is 0.166. The average molecular weight is 702 g/mol. The largest absolute Gasteiger partial charge is 0.208 e. The van der Waals surface area contributed by atoms with Crippen molar-refractivity contribution in [3.8, 4) is 67.5 Å². The van der Waals surface area contributed by atoms with Crippen molar-refractivity contribution >= 4 is 0 Å². The lowest BCUT2D eigenvalue weighted by atomic mass is 9.67. The molecule has 0 N–H and O–H groups in total. The smallest absolute Gasteiger partial charge is 0.164 e. The minimum atomic E-state index is -0.553. The van der Waals surface area contributed by atoms with Gasteiger partial charge in [0.25, 0.3) is 0 Å². The summed E-state index contributed by atoms with van der Waals surface area (Å²) in [5, 5.41) is 0. The summed E-state index contributed by atoms with van der Waals surface area (Å²) in [6, 6.07) is 75.4. The zero-order chi connectivity index (χ0) is 36.6. The normalized spacial score (nSPS) is 12.5. The minimum Gasteiger partial charge on any atom is -0.208 e. The van der Waals surface area contributed by atoms with E-state index in [-0.39, 0.29) is 0 Å². The van der Waals surface area contributed by atoms with Gasteiger partial charge >= 0.3 is 0 Å². The van der Waals surface area contributed by atoms with E-state index in [9.17, 15) is 0 Å². The second kappa shape index (κ2) is 13.6. The zero-order valence-electron chi connectivity index (χ0n) is 30.0. The first-order valence-corrected chi connectivity index (χ1v) is 18.7. The highest BCUT2D eigenvalue weighted by atomic mass is 15.0. The molecular formula is C52H35N3. The highest BCUT2D eigenvalue weighted by Crippen LogP contribution is 2.58. The van der Waals surface area contributed by atoms with Crippen LogP contribution in [0.15, 0.2) is 212 Å². The Labute approximate surface area is 321 Å². The summed E-state index contributed by atoms with van der Waals surface area (Å²) in [6.45, 7) is 0. The summed E-state index contributed by atoms with van der Waals surface area (Å²) in [5.41, 5.74) is 14.1. The molecule has 10 rings (SSSR count). The molecule has 1 aromatic heterocycles. The van der Waals surface area contributed by atoms with Crippen LogP contribution in [0.2, 0.25) is 0 Å². The molecule has 8 aromatic carbocycles. The van der Waals surface area contributed by atoms with Crippen molar-refractivity contribution in [3.05, 3.63) is 235 Å². The first kappa shape index (κ1) is 32.4. The average Bonchev–Trinajstić information content (AvgIpc) is 3.57. The van der Waals surface area contributed by atoms with Crippen molar-refractivity contribution in [2.75, 3.05) is 0 Å². The van der Waals surface area contributed by atoms with Crippen LogP contribution in [0.3, 0.4) is 0 Å². The number of nitrogens with zero attached hydrogens (tertiary/aromatic N) is 3. The molecule has 1 aliphatic rings. The maximum Gasteiger partial charge on any atom is 0.164 e. The summed E-state index contributed by atoms with van der Waals surface area (Å²) in [5.74, 6) is 1.90. The first-order valence-electron chi connectivity index (χ1n) is 18.7. The van der Waals surface area contributed by atoms with E-state index < -0.39 is 5.41 Å². The second-order valence-electron chi connectivity index (χ2n) is 14.0. The van der Waals surface area contributed by atoms with Crippen molar-refractivity contribution in [2.24, 2.45) is 0 Å². The molecule has 9 aromatic rings. The first-order chi connectivity index (χ1) is 27.3. The Hall–Kier alpha value is -7.23. The number of benzene rings is 8. The van der Waals surface area contributed by atoms with Gasteiger partial charge in [-0.25, -0.2) is 15.0 Å². The van der Waals surface area contributed by atoms with Crippen LogP contribution >= 0.6 is 0 Å². The van der Waals surface area contributed by atoms with Gasteiger partial charge in [-0.05, 0) is 73.8 Å². The molecule has 0 saturated heterocycles. The zero-order valence-corrected chi connectivity index (χ0v) is 30.0. The maximum absolute atomic E-state index is 5.28. The van der Waals surface area contributed by atoms with Gasteiger partial charge in [-0.2, -0.15) is 0 Å². The Morgan fingerprint density at radius 3 is 1.29 bits per heavy atom. The van der Waals surface area contributed by atoms with Gasteiger partial charge in [-0.1, -0.05) is 194 Å². The van der Waals surface area contributed by atoms with Crippen LogP contribution in [-0.4, -0.2) is 15.0 Å². The van der Waals surface area contributed by atoms with E-state index in [1.165, 1.54) is 38.9 Å². The Bertz CT molecular complexity index is 2690. The Balaban J connectivity index is 1.32. The summed E-state index contributed by atoms with van der Waals surface area (Å²) in [7, 11) is 0. The van der Waals surface area contributed by atoms with Crippen LogP contribution in [0.5, 0.6) is 0 Å². The third-order valence-electron chi connectivity index (χ3n) is 10.8. The summed E-state index contributed by atoms with van der Waals surface area (Å²) < 4.78 is 0. The van der Waals surface area contributed by atoms with Crippen LogP contribution in [-0.2, 0) is 5.41 Å². The molecule has 3 heteroatoms. The van der Waals surface area contributed by atoms with Gasteiger partial charge in [0, 0.05) is 16.7 Å². The molecule has 55 heavy (non-hydrogen) atoms. The number of fused-ring (bicyclic) bond motifs is 3. The predicted molar refractivity (Wildman–Crippen MR) is 224 cm³/mol. The van der Waals surface area contributed by atoms with Crippen molar-refractivity contribution < 1.29 is 0 Å². The fourth-order valence-electron chi connectivity index (χ4n) is 8.34. The van der Waals surface area contributed by atoms with Crippen molar-refractivity contribution in [1.82, 2.24) is 15.0 Å². The highest BCUT2D eigenvalue weighted by molar-refractivity contribution is 5.94. The van der Waals surface area contributed by atoms with Gasteiger partial charge in [0.15, 0.2) is 17.5 Å². The van der Waals surface area contributed by atoms with Gasteiger partial charge < -0.3 is 0 Å². The lowest BCUT2D eigenvalue weighted by molar-refractivity contribution is 0.769. The highest BCUT2D eigenvalue weighted by Gasteiger charge is 2.46. The van der Waals surface area contributed by atoms with Gasteiger partial charge in [-0.3, -0.25) is 0 Å². The molecule has 0 atom stereocenters. The molecular weight excluding hydrogens is 667 g/mol. The fourth-order valence-corrected chi connectivity index (χ4v) is 8.34. The lowest BCUT2D eigenvalue weighted by Gasteiger charge is -2.34. The summed E-state index contributed by atoms with van der Waals surface area (Å²) in [4.78, 5) is 15.6. The topological polar surface area (TPSA) is 38.7 Å². The van der Waals surface area contributed by atoms with Crippen LogP contribution in [0.1, 0.15) is 22.3 Å². The van der Waals surface area contributed by atoms with E-state index in [1.807, 2.05) is 36.4 Å². The number of hydrogen-bond donors (Lipinski definition) is 0. The van der Waals surface area contributed by atoms with Gasteiger partial charge in [-0.15, -0.1) is 0 Å². The van der Waals surface area contributed by atoms with Crippen LogP contribution in [0.25, 0.3) is 67.5 Å². The number of rotatable bonds is 7. The van der Waals surface area contributed by atoms with Crippen LogP contribution < -0.4 is 0 Å². The SMILES string of the molecule is c1ccc(-c2cccc(-c3cc4c(cc3-c3nc(-c5ccccc5)nc(-c5ccccc5)n3)-c3ccccc3C4(c3ccccc3)c3ccccc3)c2)cc1. The van der Waals surface area contributed by atoms with E-state index in [1.54, 1.807) is 0 Å². The molecule has 0 saturated carbocycles. The molecule has 258 valence electrons. The Kier molecular flexibility index (Phi) is 8.04. The molecule has 3 nitrogen and oxygen atoms in total. The molecule has 0 unspecified atom stereocenters. The van der Waals surface area contributed by atoms with E-state index in [4.69, 9.17) is 15.0 Å². The Morgan fingerprint density at radius 2 is 0.709 bits per heavy atom. The predicted octanol–water partition coefficient (Wildman–Crippen LogP) is 12.6. The van der Waals surface area contributed by atoms with Gasteiger partial charge in [0.05, 0.1) is 5.41 Å². The summed E-state index contributed by atoms with van der Waals surface area (Å²) >= 11 is 0. The van der Waals surface area contributed by atoms with Gasteiger partial charge in [0.1, 0.15) is 0 Å². The fraction of sp³-hybridized carbons (Fsp3) is 0.0192. The molecule has 0 fully saturated rings. The van der Waals surface area contributed by atoms with Crippen LogP contribution in [0, 0.1) is 0 Å². The molecule has 0 amide bonds. The molecule has 0 spiro atoms. The van der Waals surface area contributed by atoms with Gasteiger partial charge in [0.2, 0.25) is 0 Å². The van der Waals surface area contributed by atoms with E-state index in [0.717, 1.165) is 33.4 Å². The van der Waals surface area contributed by atoms with Crippen molar-refractivity contribution in [3.63, 3.8) is 0 Å². The van der Waals surface area contributed by atoms with E-state index >= 15 is 0 Å². The third kappa shape index (κ3) is 5.57. The van der Waals surface area contributed by atoms with Crippen molar-refractivity contribution in [2.45, 2.75) is 5.41 Å². The number of aromatic nitrogens is 3. The minimum absolute atomic E-state index is 0.553. The molecule has 0 aliphatic heterocycles.